The average Bonchev–Trinajstić information content (AvgIpc) is 2.74. The maximum atomic E-state index is 11.9. The van der Waals surface area contributed by atoms with Crippen LogP contribution in [0.3, 0.4) is 0 Å². The minimum absolute atomic E-state index is 0. The molecule has 0 radical (unpaired) electrons. The molecular weight excluding hydrogens is 284 g/mol. The van der Waals surface area contributed by atoms with Crippen LogP contribution in [0.15, 0.2) is 15.7 Å². The predicted octanol–water partition coefficient (Wildman–Crippen LogP) is 1.06. The van der Waals surface area contributed by atoms with Crippen LogP contribution in [0.2, 0.25) is 0 Å². The van der Waals surface area contributed by atoms with Gasteiger partial charge in [-0.2, -0.15) is 0 Å². The van der Waals surface area contributed by atoms with E-state index in [0.29, 0.717) is 12.3 Å². The summed E-state index contributed by atoms with van der Waals surface area (Å²) in [5, 5.41) is 4.65. The molecule has 0 aliphatic heterocycles. The van der Waals surface area contributed by atoms with Gasteiger partial charge >= 0.3 is 0 Å². The number of nitrogens with one attached hydrogen (secondary N) is 2. The molecule has 0 amide bonds. The Balaban J connectivity index is 0.00000256. The van der Waals surface area contributed by atoms with Crippen molar-refractivity contribution in [2.45, 2.75) is 17.2 Å². The normalized spacial score (nSPS) is 12.9. The SMILES string of the molecule is CNC(C)CNS(=O)(=O)c1sccc1OC.Cl. The van der Waals surface area contributed by atoms with Crippen molar-refractivity contribution < 1.29 is 13.2 Å². The highest BCUT2D eigenvalue weighted by atomic mass is 35.5. The van der Waals surface area contributed by atoms with Crippen molar-refractivity contribution in [3.05, 3.63) is 11.4 Å². The molecule has 1 aromatic heterocycles. The van der Waals surface area contributed by atoms with Crippen molar-refractivity contribution in [1.29, 1.82) is 0 Å². The topological polar surface area (TPSA) is 67.4 Å². The summed E-state index contributed by atoms with van der Waals surface area (Å²) in [6.45, 7) is 2.24. The number of hydrogen-bond donors (Lipinski definition) is 2. The van der Waals surface area contributed by atoms with E-state index >= 15 is 0 Å². The van der Waals surface area contributed by atoms with Gasteiger partial charge in [0.25, 0.3) is 10.0 Å². The zero-order valence-corrected chi connectivity index (χ0v) is 12.3. The highest BCUT2D eigenvalue weighted by Gasteiger charge is 2.21. The van der Waals surface area contributed by atoms with Crippen LogP contribution in [0.5, 0.6) is 5.75 Å². The van der Waals surface area contributed by atoms with Crippen molar-refractivity contribution >= 4 is 33.8 Å². The average molecular weight is 301 g/mol. The lowest BCUT2D eigenvalue weighted by molar-refractivity contribution is 0.406. The second-order valence-corrected chi connectivity index (χ2v) is 6.20. The third kappa shape index (κ3) is 4.44. The van der Waals surface area contributed by atoms with E-state index in [1.807, 2.05) is 6.92 Å². The summed E-state index contributed by atoms with van der Waals surface area (Å²) in [4.78, 5) is 0. The highest BCUT2D eigenvalue weighted by Crippen LogP contribution is 2.28. The predicted molar refractivity (Wildman–Crippen MR) is 71.8 cm³/mol. The Labute approximate surface area is 112 Å². The first kappa shape index (κ1) is 16.7. The molecule has 0 spiro atoms. The molecule has 0 aromatic carbocycles. The summed E-state index contributed by atoms with van der Waals surface area (Å²) in [6, 6.07) is 1.72. The Kier molecular flexibility index (Phi) is 7.03. The molecule has 1 atom stereocenters. The number of likely N-dealkylation sites (N-methyl/N-ethyl adjacent to an activating group) is 1. The van der Waals surface area contributed by atoms with Gasteiger partial charge < -0.3 is 10.1 Å². The van der Waals surface area contributed by atoms with Gasteiger partial charge in [0.2, 0.25) is 0 Å². The molecule has 1 heterocycles. The molecule has 0 aliphatic rings. The monoisotopic (exact) mass is 300 g/mol. The number of ether oxygens (including phenoxy) is 1. The molecule has 0 aliphatic carbocycles. The zero-order valence-electron chi connectivity index (χ0n) is 9.89. The van der Waals surface area contributed by atoms with Crippen molar-refractivity contribution in [1.82, 2.24) is 10.0 Å². The summed E-state index contributed by atoms with van der Waals surface area (Å²) in [7, 11) is -0.223. The molecule has 1 rings (SSSR count). The number of sulfonamides is 1. The van der Waals surface area contributed by atoms with Crippen LogP contribution in [-0.4, -0.2) is 35.2 Å². The van der Waals surface area contributed by atoms with Gasteiger partial charge in [0.1, 0.15) is 5.75 Å². The number of thiophene rings is 1. The Morgan fingerprint density at radius 2 is 2.18 bits per heavy atom. The van der Waals surface area contributed by atoms with Gasteiger partial charge in [-0.3, -0.25) is 0 Å². The van der Waals surface area contributed by atoms with Crippen LogP contribution in [0.4, 0.5) is 0 Å². The van der Waals surface area contributed by atoms with Crippen LogP contribution in [0.1, 0.15) is 6.92 Å². The van der Waals surface area contributed by atoms with Gasteiger partial charge in [-0.05, 0) is 25.4 Å². The Hall–Kier alpha value is -0.340. The van der Waals surface area contributed by atoms with Crippen LogP contribution in [0, 0.1) is 0 Å². The number of halogens is 1. The smallest absolute Gasteiger partial charge is 0.253 e. The molecule has 17 heavy (non-hydrogen) atoms. The number of rotatable bonds is 6. The lowest BCUT2D eigenvalue weighted by Gasteiger charge is -2.11. The van der Waals surface area contributed by atoms with Crippen LogP contribution in [0.25, 0.3) is 0 Å². The molecule has 2 N–H and O–H groups in total. The standard InChI is InChI=1S/C9H16N2O3S2.ClH/c1-7(10-2)6-11-16(12,13)9-8(14-3)4-5-15-9;/h4-5,7,10-11H,6H2,1-3H3;1H. The molecule has 1 unspecified atom stereocenters. The first-order valence-corrected chi connectivity index (χ1v) is 7.16. The molecule has 0 fully saturated rings. The number of methoxy groups -OCH3 is 1. The second kappa shape index (κ2) is 7.17. The van der Waals surface area contributed by atoms with Gasteiger partial charge in [0, 0.05) is 12.6 Å². The Bertz CT molecular complexity index is 433. The fourth-order valence-corrected chi connectivity index (χ4v) is 3.48. The molecule has 8 heteroatoms. The van der Waals surface area contributed by atoms with E-state index in [0.717, 1.165) is 11.3 Å². The fraction of sp³-hybridized carbons (Fsp3) is 0.556. The first-order chi connectivity index (χ1) is 7.51. The highest BCUT2D eigenvalue weighted by molar-refractivity contribution is 7.91. The summed E-state index contributed by atoms with van der Waals surface area (Å²) in [6.07, 6.45) is 0. The lowest BCUT2D eigenvalue weighted by Crippen LogP contribution is -2.36. The first-order valence-electron chi connectivity index (χ1n) is 4.79. The maximum Gasteiger partial charge on any atom is 0.253 e. The maximum absolute atomic E-state index is 11.9. The van der Waals surface area contributed by atoms with Crippen LogP contribution in [-0.2, 0) is 10.0 Å². The summed E-state index contributed by atoms with van der Waals surface area (Å²) >= 11 is 1.14. The van der Waals surface area contributed by atoms with E-state index in [1.165, 1.54) is 7.11 Å². The van der Waals surface area contributed by atoms with E-state index in [1.54, 1.807) is 18.5 Å². The summed E-state index contributed by atoms with van der Waals surface area (Å²) < 4.78 is 31.5. The Morgan fingerprint density at radius 3 is 2.71 bits per heavy atom. The quantitative estimate of drug-likeness (QED) is 0.824. The van der Waals surface area contributed by atoms with Gasteiger partial charge in [-0.1, -0.05) is 0 Å². The minimum atomic E-state index is -3.46. The van der Waals surface area contributed by atoms with E-state index in [4.69, 9.17) is 4.74 Å². The molecule has 0 saturated heterocycles. The van der Waals surface area contributed by atoms with Crippen LogP contribution < -0.4 is 14.8 Å². The third-order valence-electron chi connectivity index (χ3n) is 2.13. The van der Waals surface area contributed by atoms with Gasteiger partial charge in [-0.15, -0.1) is 23.7 Å². The van der Waals surface area contributed by atoms with Crippen molar-refractivity contribution in [2.75, 3.05) is 20.7 Å². The van der Waals surface area contributed by atoms with E-state index in [2.05, 4.69) is 10.0 Å². The molecular formula is C9H17ClN2O3S2. The minimum Gasteiger partial charge on any atom is -0.494 e. The molecule has 5 nitrogen and oxygen atoms in total. The van der Waals surface area contributed by atoms with E-state index in [-0.39, 0.29) is 22.7 Å². The molecule has 0 saturated carbocycles. The largest absolute Gasteiger partial charge is 0.494 e. The molecule has 100 valence electrons. The zero-order chi connectivity index (χ0) is 12.2. The van der Waals surface area contributed by atoms with Crippen molar-refractivity contribution in [3.63, 3.8) is 0 Å². The molecule has 0 bridgehead atoms. The van der Waals surface area contributed by atoms with E-state index in [9.17, 15) is 8.42 Å². The third-order valence-corrected chi connectivity index (χ3v) is 5.00. The van der Waals surface area contributed by atoms with Gasteiger partial charge in [-0.25, -0.2) is 13.1 Å². The van der Waals surface area contributed by atoms with E-state index < -0.39 is 10.0 Å². The lowest BCUT2D eigenvalue weighted by atomic mass is 10.4. The van der Waals surface area contributed by atoms with Crippen molar-refractivity contribution in [2.24, 2.45) is 0 Å². The number of hydrogen-bond acceptors (Lipinski definition) is 5. The van der Waals surface area contributed by atoms with Crippen molar-refractivity contribution in [3.8, 4) is 5.75 Å². The van der Waals surface area contributed by atoms with Gasteiger partial charge in [0.05, 0.1) is 7.11 Å². The van der Waals surface area contributed by atoms with Crippen LogP contribution >= 0.6 is 23.7 Å². The Morgan fingerprint density at radius 1 is 1.53 bits per heavy atom. The summed E-state index contributed by atoms with van der Waals surface area (Å²) in [5.41, 5.74) is 0. The summed E-state index contributed by atoms with van der Waals surface area (Å²) in [5.74, 6) is 0.384. The fourth-order valence-electron chi connectivity index (χ4n) is 1.03. The molecule has 1 aromatic rings. The van der Waals surface area contributed by atoms with Gasteiger partial charge in [0.15, 0.2) is 4.21 Å². The second-order valence-electron chi connectivity index (χ2n) is 3.32.